The molecule has 3 heterocycles. The highest BCUT2D eigenvalue weighted by molar-refractivity contribution is 6.14. The van der Waals surface area contributed by atoms with Crippen LogP contribution < -0.4 is 9.80 Å². The third-order valence-corrected chi connectivity index (χ3v) is 19.6. The van der Waals surface area contributed by atoms with Crippen molar-refractivity contribution in [2.24, 2.45) is 11.3 Å². The molecule has 4 unspecified atom stereocenters. The Bertz CT molecular complexity index is 4190. The molecule has 3 heteroatoms. The van der Waals surface area contributed by atoms with Gasteiger partial charge in [-0.1, -0.05) is 198 Å². The van der Waals surface area contributed by atoms with E-state index in [4.69, 9.17) is 4.42 Å². The van der Waals surface area contributed by atoms with Gasteiger partial charge in [0, 0.05) is 55.9 Å². The molecule has 0 saturated carbocycles. The molecule has 16 rings (SSSR count). The second-order valence-electron chi connectivity index (χ2n) is 23.1. The van der Waals surface area contributed by atoms with Gasteiger partial charge in [-0.2, -0.15) is 0 Å². The van der Waals surface area contributed by atoms with Crippen molar-refractivity contribution in [1.82, 2.24) is 0 Å². The summed E-state index contributed by atoms with van der Waals surface area (Å²) in [5, 5.41) is 2.28. The average Bonchev–Trinajstić information content (AvgIpc) is 4.28. The lowest BCUT2D eigenvalue weighted by molar-refractivity contribution is 0.278. The molecule has 0 amide bonds. The summed E-state index contributed by atoms with van der Waals surface area (Å²) >= 11 is 0. The summed E-state index contributed by atoms with van der Waals surface area (Å²) in [5.41, 5.74) is 24.0. The highest BCUT2D eigenvalue weighted by atomic mass is 16.3. The first-order valence-electron chi connectivity index (χ1n) is 26.9. The molecular weight excluding hydrogens is 909 g/mol. The summed E-state index contributed by atoms with van der Waals surface area (Å²) in [6, 6.07) is 82.7. The minimum atomic E-state index is -0.580. The van der Waals surface area contributed by atoms with Crippen molar-refractivity contribution >= 4 is 55.8 Å². The molecule has 4 aliphatic carbocycles. The van der Waals surface area contributed by atoms with Crippen LogP contribution >= 0.6 is 0 Å². The van der Waals surface area contributed by atoms with Crippen LogP contribution in [-0.2, 0) is 16.2 Å². The number of allylic oxidation sites excluding steroid dienone is 3. The molecule has 6 aliphatic rings. The second kappa shape index (κ2) is 14.5. The lowest BCUT2D eigenvalue weighted by Gasteiger charge is -2.60. The van der Waals surface area contributed by atoms with E-state index in [2.05, 4.69) is 276 Å². The third-order valence-electron chi connectivity index (χ3n) is 19.6. The summed E-state index contributed by atoms with van der Waals surface area (Å²) in [4.78, 5) is 5.43. The van der Waals surface area contributed by atoms with E-state index in [1.807, 2.05) is 0 Å². The molecule has 4 atom stereocenters. The Balaban J connectivity index is 1.08. The number of fused-ring (bicyclic) bond motifs is 14. The van der Waals surface area contributed by atoms with Crippen LogP contribution in [0, 0.1) is 11.3 Å². The van der Waals surface area contributed by atoms with Crippen LogP contribution in [0.15, 0.2) is 246 Å². The Labute approximate surface area is 439 Å². The predicted octanol–water partition coefficient (Wildman–Crippen LogP) is 18.0. The average molecular weight is 965 g/mol. The molecule has 360 valence electrons. The van der Waals surface area contributed by atoms with Gasteiger partial charge < -0.3 is 14.2 Å². The third kappa shape index (κ3) is 4.99. The van der Waals surface area contributed by atoms with E-state index in [-0.39, 0.29) is 11.3 Å². The zero-order valence-corrected chi connectivity index (χ0v) is 43.2. The fourth-order valence-corrected chi connectivity index (χ4v) is 16.4. The largest absolute Gasteiger partial charge is 0.456 e. The predicted molar refractivity (Wildman–Crippen MR) is 309 cm³/mol. The van der Waals surface area contributed by atoms with Gasteiger partial charge in [0.2, 0.25) is 0 Å². The number of nitrogens with zero attached hydrogens (tertiary/aromatic N) is 2. The normalized spacial score (nSPS) is 23.8. The van der Waals surface area contributed by atoms with Crippen molar-refractivity contribution in [3.63, 3.8) is 0 Å². The smallest absolute Gasteiger partial charge is 0.137 e. The van der Waals surface area contributed by atoms with Crippen LogP contribution in [0.5, 0.6) is 0 Å². The van der Waals surface area contributed by atoms with E-state index >= 15 is 0 Å². The molecule has 9 aromatic carbocycles. The van der Waals surface area contributed by atoms with Crippen molar-refractivity contribution in [2.45, 2.75) is 63.3 Å². The van der Waals surface area contributed by atoms with E-state index < -0.39 is 21.8 Å². The maximum atomic E-state index is 7.00. The molecule has 0 N–H and O–H groups in total. The number of anilines is 4. The van der Waals surface area contributed by atoms with Gasteiger partial charge in [0.25, 0.3) is 0 Å². The standard InChI is InChI=1S/C72H56N2O/c1-44-64-67-70(5)65(53-31-17-19-32-55(53)68(70,2)3)66(44)73(49-38-39-51-50-29-16-20-33-56(50)72(57(51)42-49,45-23-10-7-11-24-45)46-25-12-8-13-26-46)60-35-22-36-62-63(60)54-41-47(37-40-61(54)75-62)69(64,4)43-58-52-30-18-21-34-59(52)74(71(58,67)6)48-27-14-9-15-28-48/h7-44H,1-6H3. The number of para-hydroxylation sites is 2. The summed E-state index contributed by atoms with van der Waals surface area (Å²) in [5.74, 6) is -0.0659. The molecule has 0 fully saturated rings. The SMILES string of the molecule is CC1C2=C3c4ccccc4C(C)(C)C3(C)C3=C1C(C)(C=C1c4ccccc4N(c4ccccc4)C13C)c1ccc3oc4cccc(c4c3c1)N2c1ccc2c(c1)C(c1ccccc1)(c1ccccc1)c1ccccc1-2. The van der Waals surface area contributed by atoms with Crippen LogP contribution in [0.2, 0.25) is 0 Å². The molecule has 3 nitrogen and oxygen atoms in total. The first kappa shape index (κ1) is 43.0. The number of hydrogen-bond donors (Lipinski definition) is 0. The van der Waals surface area contributed by atoms with Gasteiger partial charge in [-0.3, -0.25) is 0 Å². The van der Waals surface area contributed by atoms with Crippen LogP contribution in [0.25, 0.3) is 44.2 Å². The number of benzene rings is 9. The van der Waals surface area contributed by atoms with Crippen LogP contribution in [0.3, 0.4) is 0 Å². The molecule has 0 spiro atoms. The number of rotatable bonds is 4. The Morgan fingerprint density at radius 3 is 1.81 bits per heavy atom. The molecule has 0 saturated heterocycles. The first-order valence-corrected chi connectivity index (χ1v) is 26.9. The van der Waals surface area contributed by atoms with Gasteiger partial charge in [0.1, 0.15) is 11.2 Å². The van der Waals surface area contributed by atoms with Gasteiger partial charge in [-0.05, 0) is 141 Å². The van der Waals surface area contributed by atoms with Gasteiger partial charge >= 0.3 is 0 Å². The fraction of sp³-hybridized carbons (Fsp3) is 0.167. The van der Waals surface area contributed by atoms with Gasteiger partial charge in [-0.15, -0.1) is 0 Å². The highest BCUT2D eigenvalue weighted by Gasteiger charge is 2.68. The molecule has 4 bridgehead atoms. The molecule has 0 radical (unpaired) electrons. The van der Waals surface area contributed by atoms with Crippen LogP contribution in [0.1, 0.15) is 86.1 Å². The van der Waals surface area contributed by atoms with Gasteiger partial charge in [0.15, 0.2) is 0 Å². The van der Waals surface area contributed by atoms with Gasteiger partial charge in [-0.25, -0.2) is 0 Å². The Morgan fingerprint density at radius 1 is 0.467 bits per heavy atom. The van der Waals surface area contributed by atoms with Crippen molar-refractivity contribution < 1.29 is 4.42 Å². The minimum Gasteiger partial charge on any atom is -0.456 e. The first-order chi connectivity index (χ1) is 36.5. The van der Waals surface area contributed by atoms with E-state index in [0.717, 1.165) is 33.3 Å². The van der Waals surface area contributed by atoms with Gasteiger partial charge in [0.05, 0.1) is 22.0 Å². The Hall–Kier alpha value is -8.40. The molecule has 10 aromatic rings. The lowest BCUT2D eigenvalue weighted by atomic mass is 9.47. The summed E-state index contributed by atoms with van der Waals surface area (Å²) in [7, 11) is 0. The quantitative estimate of drug-likeness (QED) is 0.164. The van der Waals surface area contributed by atoms with Crippen molar-refractivity contribution in [2.75, 3.05) is 9.80 Å². The monoisotopic (exact) mass is 964 g/mol. The number of hydrogen-bond acceptors (Lipinski definition) is 3. The zero-order valence-electron chi connectivity index (χ0n) is 43.2. The molecule has 1 aromatic heterocycles. The lowest BCUT2D eigenvalue weighted by Crippen LogP contribution is -2.57. The van der Waals surface area contributed by atoms with Crippen LogP contribution in [-0.4, -0.2) is 5.54 Å². The van der Waals surface area contributed by atoms with E-state index in [0.29, 0.717) is 0 Å². The highest BCUT2D eigenvalue weighted by Crippen LogP contribution is 2.75. The fourth-order valence-electron chi connectivity index (χ4n) is 16.4. The zero-order chi connectivity index (χ0) is 50.4. The number of furan rings is 1. The molecule has 2 aliphatic heterocycles. The molecule has 75 heavy (non-hydrogen) atoms. The van der Waals surface area contributed by atoms with Crippen molar-refractivity contribution in [3.05, 3.63) is 286 Å². The Morgan fingerprint density at radius 2 is 1.08 bits per heavy atom. The second-order valence-corrected chi connectivity index (χ2v) is 23.1. The summed E-state index contributed by atoms with van der Waals surface area (Å²) in [6.45, 7) is 15.4. The maximum absolute atomic E-state index is 7.00. The summed E-state index contributed by atoms with van der Waals surface area (Å²) in [6.07, 6.45) is 2.70. The maximum Gasteiger partial charge on any atom is 0.137 e. The van der Waals surface area contributed by atoms with E-state index in [1.165, 1.54) is 95.0 Å². The van der Waals surface area contributed by atoms with E-state index in [1.54, 1.807) is 0 Å². The minimum absolute atomic E-state index is 0.0659. The topological polar surface area (TPSA) is 19.6 Å². The van der Waals surface area contributed by atoms with Crippen molar-refractivity contribution in [1.29, 1.82) is 0 Å². The van der Waals surface area contributed by atoms with Crippen LogP contribution in [0.4, 0.5) is 22.7 Å². The Kier molecular flexibility index (Phi) is 8.30. The van der Waals surface area contributed by atoms with E-state index in [9.17, 15) is 0 Å². The summed E-state index contributed by atoms with van der Waals surface area (Å²) < 4.78 is 7.00. The molecular formula is C72H56N2O. The van der Waals surface area contributed by atoms with Crippen molar-refractivity contribution in [3.8, 4) is 11.1 Å².